The third-order valence-electron chi connectivity index (χ3n) is 2.71. The molecule has 0 spiro atoms. The first kappa shape index (κ1) is 13.1. The third-order valence-corrected chi connectivity index (χ3v) is 4.72. The summed E-state index contributed by atoms with van der Waals surface area (Å²) in [6, 6.07) is 7.17. The molecule has 1 nitrogen and oxygen atoms in total. The van der Waals surface area contributed by atoms with Crippen molar-refractivity contribution < 1.29 is 0 Å². The summed E-state index contributed by atoms with van der Waals surface area (Å²) < 4.78 is 0.861. The quantitative estimate of drug-likeness (QED) is 0.836. The topological polar surface area (TPSA) is 12.0 Å². The van der Waals surface area contributed by atoms with Crippen LogP contribution >= 0.6 is 34.3 Å². The lowest BCUT2D eigenvalue weighted by Crippen LogP contribution is -2.30. The van der Waals surface area contributed by atoms with Crippen molar-refractivity contribution in [1.29, 1.82) is 0 Å². The van der Waals surface area contributed by atoms with Gasteiger partial charge in [-0.3, -0.25) is 0 Å². The number of thiophene rings is 2. The van der Waals surface area contributed by atoms with Crippen LogP contribution in [0, 0.1) is 0 Å². The van der Waals surface area contributed by atoms with Crippen molar-refractivity contribution in [3.8, 4) is 0 Å². The zero-order chi connectivity index (χ0) is 12.3. The van der Waals surface area contributed by atoms with Gasteiger partial charge in [0.2, 0.25) is 0 Å². The van der Waals surface area contributed by atoms with Crippen molar-refractivity contribution in [3.63, 3.8) is 0 Å². The standard InChI is InChI=1S/C13H16ClNS2/c1-9(6-12-4-3-5-16-12)15-10(2)11-7-13(14)17-8-11/h3-5,7-10,15H,6H2,1-2H3. The van der Waals surface area contributed by atoms with Gasteiger partial charge in [-0.2, -0.15) is 0 Å². The van der Waals surface area contributed by atoms with Crippen LogP contribution in [0.1, 0.15) is 30.3 Å². The SMILES string of the molecule is CC(Cc1cccs1)NC(C)c1csc(Cl)c1. The van der Waals surface area contributed by atoms with Gasteiger partial charge in [0.25, 0.3) is 0 Å². The van der Waals surface area contributed by atoms with Gasteiger partial charge in [0.15, 0.2) is 0 Å². The summed E-state index contributed by atoms with van der Waals surface area (Å²) in [5, 5.41) is 7.85. The molecule has 0 saturated carbocycles. The van der Waals surface area contributed by atoms with E-state index in [1.165, 1.54) is 10.4 Å². The van der Waals surface area contributed by atoms with Crippen LogP contribution in [0.3, 0.4) is 0 Å². The molecule has 4 heteroatoms. The minimum absolute atomic E-state index is 0.355. The monoisotopic (exact) mass is 285 g/mol. The van der Waals surface area contributed by atoms with E-state index in [2.05, 4.69) is 42.1 Å². The zero-order valence-corrected chi connectivity index (χ0v) is 12.3. The van der Waals surface area contributed by atoms with Gasteiger partial charge in [0, 0.05) is 17.0 Å². The summed E-state index contributed by atoms with van der Waals surface area (Å²) in [5.41, 5.74) is 1.28. The first-order valence-corrected chi connectivity index (χ1v) is 7.81. The highest BCUT2D eigenvalue weighted by molar-refractivity contribution is 7.14. The second-order valence-corrected chi connectivity index (χ2v) is 6.83. The molecule has 17 heavy (non-hydrogen) atoms. The molecule has 0 fully saturated rings. The summed E-state index contributed by atoms with van der Waals surface area (Å²) in [6.45, 7) is 4.41. The van der Waals surface area contributed by atoms with Gasteiger partial charge in [-0.15, -0.1) is 22.7 Å². The average molecular weight is 286 g/mol. The lowest BCUT2D eigenvalue weighted by atomic mass is 10.1. The van der Waals surface area contributed by atoms with Crippen LogP contribution in [0.2, 0.25) is 4.34 Å². The first-order valence-electron chi connectivity index (χ1n) is 5.67. The van der Waals surface area contributed by atoms with Crippen molar-refractivity contribution in [2.24, 2.45) is 0 Å². The van der Waals surface area contributed by atoms with Gasteiger partial charge in [-0.05, 0) is 48.7 Å². The molecule has 2 unspecified atom stereocenters. The molecule has 2 atom stereocenters. The zero-order valence-electron chi connectivity index (χ0n) is 9.94. The lowest BCUT2D eigenvalue weighted by Gasteiger charge is -2.18. The van der Waals surface area contributed by atoms with Crippen molar-refractivity contribution in [2.45, 2.75) is 32.4 Å². The van der Waals surface area contributed by atoms with E-state index in [9.17, 15) is 0 Å². The van der Waals surface area contributed by atoms with Gasteiger partial charge in [-0.25, -0.2) is 0 Å². The summed E-state index contributed by atoms with van der Waals surface area (Å²) in [4.78, 5) is 1.43. The smallest absolute Gasteiger partial charge is 0.0931 e. The Kier molecular flexibility index (Phi) is 4.62. The molecule has 2 rings (SSSR count). The number of halogens is 1. The molecular formula is C13H16ClNS2. The Morgan fingerprint density at radius 3 is 2.76 bits per heavy atom. The fourth-order valence-electron chi connectivity index (χ4n) is 1.86. The van der Waals surface area contributed by atoms with Crippen molar-refractivity contribution >= 4 is 34.3 Å². The Labute approximate surface area is 115 Å². The highest BCUT2D eigenvalue weighted by atomic mass is 35.5. The molecule has 0 aromatic carbocycles. The van der Waals surface area contributed by atoms with E-state index in [4.69, 9.17) is 11.6 Å². The molecule has 2 aromatic rings. The van der Waals surface area contributed by atoms with Gasteiger partial charge in [0.1, 0.15) is 0 Å². The molecule has 1 N–H and O–H groups in total. The second kappa shape index (κ2) is 6.01. The Balaban J connectivity index is 1.88. The maximum Gasteiger partial charge on any atom is 0.0931 e. The largest absolute Gasteiger partial charge is 0.307 e. The second-order valence-electron chi connectivity index (χ2n) is 4.26. The summed E-state index contributed by atoms with van der Waals surface area (Å²) in [5.74, 6) is 0. The number of hydrogen-bond acceptors (Lipinski definition) is 3. The van der Waals surface area contributed by atoms with Crippen LogP contribution < -0.4 is 5.32 Å². The molecule has 0 radical (unpaired) electrons. The summed E-state index contributed by atoms with van der Waals surface area (Å²) in [7, 11) is 0. The van der Waals surface area contributed by atoms with Gasteiger partial charge < -0.3 is 5.32 Å². The highest BCUT2D eigenvalue weighted by Gasteiger charge is 2.11. The number of nitrogens with one attached hydrogen (secondary N) is 1. The average Bonchev–Trinajstić information content (AvgIpc) is 2.89. The van der Waals surface area contributed by atoms with Gasteiger partial charge in [-0.1, -0.05) is 17.7 Å². The third kappa shape index (κ3) is 3.81. The van der Waals surface area contributed by atoms with Crippen molar-refractivity contribution in [2.75, 3.05) is 0 Å². The van der Waals surface area contributed by atoms with E-state index in [0.717, 1.165) is 10.8 Å². The molecule has 0 amide bonds. The summed E-state index contributed by atoms with van der Waals surface area (Å²) in [6.07, 6.45) is 1.08. The van der Waals surface area contributed by atoms with Crippen LogP contribution in [0.5, 0.6) is 0 Å². The predicted octanol–water partition coefficient (Wildman–Crippen LogP) is 4.74. The van der Waals surface area contributed by atoms with Gasteiger partial charge >= 0.3 is 0 Å². The minimum Gasteiger partial charge on any atom is -0.307 e. The highest BCUT2D eigenvalue weighted by Crippen LogP contribution is 2.25. The fourth-order valence-corrected chi connectivity index (χ4v) is 3.68. The van der Waals surface area contributed by atoms with E-state index >= 15 is 0 Å². The minimum atomic E-state index is 0.355. The molecule has 0 bridgehead atoms. The van der Waals surface area contributed by atoms with E-state index in [1.807, 2.05) is 17.4 Å². The Morgan fingerprint density at radius 1 is 1.35 bits per heavy atom. The Hall–Kier alpha value is -0.350. The molecule has 2 heterocycles. The number of hydrogen-bond donors (Lipinski definition) is 1. The van der Waals surface area contributed by atoms with Gasteiger partial charge in [0.05, 0.1) is 4.34 Å². The fraction of sp³-hybridized carbons (Fsp3) is 0.385. The van der Waals surface area contributed by atoms with Crippen molar-refractivity contribution in [1.82, 2.24) is 5.32 Å². The van der Waals surface area contributed by atoms with Crippen molar-refractivity contribution in [3.05, 3.63) is 43.7 Å². The van der Waals surface area contributed by atoms with Crippen LogP contribution in [-0.2, 0) is 6.42 Å². The molecule has 92 valence electrons. The van der Waals surface area contributed by atoms with Crippen LogP contribution in [0.15, 0.2) is 29.0 Å². The molecule has 0 aliphatic heterocycles. The van der Waals surface area contributed by atoms with Crippen LogP contribution in [0.25, 0.3) is 0 Å². The first-order chi connectivity index (χ1) is 8.15. The molecule has 0 aliphatic rings. The van der Waals surface area contributed by atoms with Crippen LogP contribution in [0.4, 0.5) is 0 Å². The van der Waals surface area contributed by atoms with E-state index < -0.39 is 0 Å². The summed E-state index contributed by atoms with van der Waals surface area (Å²) >= 11 is 9.36. The Bertz CT molecular complexity index is 450. The maximum absolute atomic E-state index is 5.95. The molecule has 0 aliphatic carbocycles. The van der Waals surface area contributed by atoms with E-state index in [1.54, 1.807) is 11.3 Å². The lowest BCUT2D eigenvalue weighted by molar-refractivity contribution is 0.480. The Morgan fingerprint density at radius 2 is 2.18 bits per heavy atom. The molecular weight excluding hydrogens is 270 g/mol. The van der Waals surface area contributed by atoms with E-state index in [0.29, 0.717) is 12.1 Å². The molecule has 2 aromatic heterocycles. The maximum atomic E-state index is 5.95. The van der Waals surface area contributed by atoms with E-state index in [-0.39, 0.29) is 0 Å². The molecule has 0 saturated heterocycles. The number of rotatable bonds is 5. The normalized spacial score (nSPS) is 14.8. The van der Waals surface area contributed by atoms with Crippen LogP contribution in [-0.4, -0.2) is 6.04 Å². The predicted molar refractivity (Wildman–Crippen MR) is 78.4 cm³/mol.